The van der Waals surface area contributed by atoms with E-state index in [4.69, 9.17) is 4.42 Å². The summed E-state index contributed by atoms with van der Waals surface area (Å²) in [6, 6.07) is 60.8. The van der Waals surface area contributed by atoms with Crippen molar-refractivity contribution in [3.8, 4) is 0 Å². The van der Waals surface area contributed by atoms with Crippen molar-refractivity contribution in [2.24, 2.45) is 0 Å². The fourth-order valence-corrected chi connectivity index (χ4v) is 10.7. The highest BCUT2D eigenvalue weighted by molar-refractivity contribution is 6.06. The molecule has 1 atom stereocenters. The largest absolute Gasteiger partial charge is 0.456 e. The van der Waals surface area contributed by atoms with E-state index in [0.29, 0.717) is 5.92 Å². The summed E-state index contributed by atoms with van der Waals surface area (Å²) in [6.07, 6.45) is 11.0. The van der Waals surface area contributed by atoms with Crippen LogP contribution in [0.15, 0.2) is 168 Å². The van der Waals surface area contributed by atoms with Crippen LogP contribution in [0, 0.1) is 0 Å². The molecule has 56 heavy (non-hydrogen) atoms. The van der Waals surface area contributed by atoms with Crippen molar-refractivity contribution in [3.05, 3.63) is 192 Å². The Morgan fingerprint density at radius 3 is 1.62 bits per heavy atom. The van der Waals surface area contributed by atoms with E-state index in [2.05, 4.69) is 174 Å². The lowest BCUT2D eigenvalue weighted by Crippen LogP contribution is -2.27. The fourth-order valence-electron chi connectivity index (χ4n) is 10.7. The lowest BCUT2D eigenvalue weighted by molar-refractivity contribution is 0.443. The van der Waals surface area contributed by atoms with E-state index in [1.54, 1.807) is 0 Å². The molecule has 3 aliphatic rings. The van der Waals surface area contributed by atoms with Gasteiger partial charge in [0.25, 0.3) is 0 Å². The van der Waals surface area contributed by atoms with Gasteiger partial charge in [-0.3, -0.25) is 0 Å². The van der Waals surface area contributed by atoms with Crippen LogP contribution in [0.1, 0.15) is 78.7 Å². The Morgan fingerprint density at radius 1 is 0.446 bits per heavy atom. The topological polar surface area (TPSA) is 19.6 Å². The summed E-state index contributed by atoms with van der Waals surface area (Å²) in [5.41, 5.74) is 16.3. The maximum absolute atomic E-state index is 6.54. The minimum Gasteiger partial charge on any atom is -0.456 e. The molecule has 1 spiro atoms. The van der Waals surface area contributed by atoms with E-state index in [-0.39, 0.29) is 5.41 Å². The summed E-state index contributed by atoms with van der Waals surface area (Å²) >= 11 is 0. The minimum atomic E-state index is -0.136. The van der Waals surface area contributed by atoms with Crippen LogP contribution >= 0.6 is 0 Å². The quantitative estimate of drug-likeness (QED) is 0.163. The Labute approximate surface area is 329 Å². The number of para-hydroxylation sites is 3. The molecule has 1 fully saturated rings. The highest BCUT2D eigenvalue weighted by Crippen LogP contribution is 2.60. The first-order valence-corrected chi connectivity index (χ1v) is 20.7. The Morgan fingerprint density at radius 2 is 0.982 bits per heavy atom. The number of hydrogen-bond acceptors (Lipinski definition) is 3. The van der Waals surface area contributed by atoms with Gasteiger partial charge in [0.1, 0.15) is 11.2 Å². The number of rotatable bonds is 7. The van der Waals surface area contributed by atoms with E-state index in [0.717, 1.165) is 53.3 Å². The van der Waals surface area contributed by atoms with Gasteiger partial charge in [-0.2, -0.15) is 0 Å². The first-order valence-electron chi connectivity index (χ1n) is 20.7. The van der Waals surface area contributed by atoms with E-state index in [9.17, 15) is 0 Å². The van der Waals surface area contributed by atoms with Crippen molar-refractivity contribution < 1.29 is 4.42 Å². The van der Waals surface area contributed by atoms with Crippen molar-refractivity contribution >= 4 is 56.1 Å². The van der Waals surface area contributed by atoms with Gasteiger partial charge in [-0.25, -0.2) is 0 Å². The van der Waals surface area contributed by atoms with Crippen LogP contribution in [0.25, 0.3) is 21.9 Å². The van der Waals surface area contributed by atoms with E-state index in [1.807, 2.05) is 0 Å². The summed E-state index contributed by atoms with van der Waals surface area (Å²) in [6.45, 7) is 0. The molecule has 0 unspecified atom stereocenters. The SMILES string of the molecule is c1ccc(N(c2ccccc2)c2cccc3c2[C@@]2(CC3)CCc3cccc(N(c4ccc(C5CCCCC5)cc4)c4ccc5c(c4)oc4ccccc45)c32)cc1. The summed E-state index contributed by atoms with van der Waals surface area (Å²) in [7, 11) is 0. The Bertz CT molecular complexity index is 2650. The summed E-state index contributed by atoms with van der Waals surface area (Å²) in [5, 5.41) is 2.32. The molecule has 1 aromatic heterocycles. The first-order chi connectivity index (χ1) is 27.7. The third-order valence-corrected chi connectivity index (χ3v) is 13.2. The average Bonchev–Trinajstić information content (AvgIpc) is 3.96. The minimum absolute atomic E-state index is 0.136. The van der Waals surface area contributed by atoms with Gasteiger partial charge in [0.05, 0.1) is 11.4 Å². The second-order valence-electron chi connectivity index (χ2n) is 16.3. The molecule has 0 aliphatic heterocycles. The molecular weight excluding hydrogens is 681 g/mol. The van der Waals surface area contributed by atoms with E-state index in [1.165, 1.54) is 88.4 Å². The summed E-state index contributed by atoms with van der Waals surface area (Å²) in [5.74, 6) is 0.660. The number of fused-ring (bicyclic) bond motifs is 7. The molecule has 0 bridgehead atoms. The molecule has 3 heteroatoms. The van der Waals surface area contributed by atoms with Gasteiger partial charge < -0.3 is 14.2 Å². The maximum atomic E-state index is 6.54. The van der Waals surface area contributed by atoms with Crippen LogP contribution in [0.4, 0.5) is 34.1 Å². The number of aryl methyl sites for hydroxylation is 2. The third-order valence-electron chi connectivity index (χ3n) is 13.2. The zero-order chi connectivity index (χ0) is 37.1. The Balaban J connectivity index is 1.11. The molecule has 274 valence electrons. The zero-order valence-electron chi connectivity index (χ0n) is 31.8. The highest BCUT2D eigenvalue weighted by Gasteiger charge is 2.49. The smallest absolute Gasteiger partial charge is 0.137 e. The second kappa shape index (κ2) is 13.6. The van der Waals surface area contributed by atoms with Crippen molar-refractivity contribution in [2.45, 2.75) is 69.1 Å². The van der Waals surface area contributed by atoms with Crippen molar-refractivity contribution in [1.82, 2.24) is 0 Å². The average molecular weight is 727 g/mol. The molecular formula is C53H46N2O. The van der Waals surface area contributed by atoms with Gasteiger partial charge in [0, 0.05) is 45.0 Å². The van der Waals surface area contributed by atoms with E-state index < -0.39 is 0 Å². The zero-order valence-corrected chi connectivity index (χ0v) is 31.8. The molecule has 1 saturated carbocycles. The molecule has 3 aliphatic carbocycles. The van der Waals surface area contributed by atoms with Gasteiger partial charge in [-0.1, -0.05) is 110 Å². The van der Waals surface area contributed by atoms with Gasteiger partial charge in [-0.15, -0.1) is 0 Å². The Kier molecular flexibility index (Phi) is 8.09. The van der Waals surface area contributed by atoms with Gasteiger partial charge in [0.2, 0.25) is 0 Å². The van der Waals surface area contributed by atoms with E-state index >= 15 is 0 Å². The lowest BCUT2D eigenvalue weighted by Gasteiger charge is -2.37. The van der Waals surface area contributed by atoms with Gasteiger partial charge in [-0.05, 0) is 139 Å². The third kappa shape index (κ3) is 5.39. The van der Waals surface area contributed by atoms with Crippen LogP contribution in [0.2, 0.25) is 0 Å². The first kappa shape index (κ1) is 33.3. The number of benzene rings is 7. The molecule has 8 aromatic rings. The summed E-state index contributed by atoms with van der Waals surface area (Å²) in [4.78, 5) is 5.03. The Hall–Kier alpha value is -6.06. The lowest BCUT2D eigenvalue weighted by atomic mass is 9.74. The van der Waals surface area contributed by atoms with Gasteiger partial charge in [0.15, 0.2) is 0 Å². The molecule has 11 rings (SSSR count). The predicted octanol–water partition coefficient (Wildman–Crippen LogP) is 14.8. The number of anilines is 6. The van der Waals surface area contributed by atoms with Crippen molar-refractivity contribution in [3.63, 3.8) is 0 Å². The molecule has 1 heterocycles. The molecule has 0 saturated heterocycles. The number of nitrogens with zero attached hydrogens (tertiary/aromatic N) is 2. The summed E-state index contributed by atoms with van der Waals surface area (Å²) < 4.78 is 6.54. The monoisotopic (exact) mass is 726 g/mol. The van der Waals surface area contributed by atoms with Crippen LogP contribution in [-0.4, -0.2) is 0 Å². The normalized spacial score (nSPS) is 17.7. The predicted molar refractivity (Wildman–Crippen MR) is 233 cm³/mol. The second-order valence-corrected chi connectivity index (χ2v) is 16.3. The van der Waals surface area contributed by atoms with Gasteiger partial charge >= 0.3 is 0 Å². The van der Waals surface area contributed by atoms with Crippen LogP contribution in [0.5, 0.6) is 0 Å². The molecule has 7 aromatic carbocycles. The molecule has 0 N–H and O–H groups in total. The standard InChI is InChI=1S/C53H46N2O/c1-4-14-37(15-5-1)38-26-28-43(29-27-38)55(44-30-31-46-45-22-10-11-25-49(45)56-50(46)36-44)48-24-13-17-40-33-35-53(52(40)48)34-32-39-16-12-23-47(51(39)53)54(41-18-6-2-7-19-41)42-20-8-3-9-21-42/h2-3,6-13,16-31,36-37H,1,4-5,14-15,32-35H2/t53-/m1/s1. The van der Waals surface area contributed by atoms with Crippen LogP contribution in [-0.2, 0) is 18.3 Å². The fraction of sp³-hybridized carbons (Fsp3) is 0.208. The van der Waals surface area contributed by atoms with Crippen molar-refractivity contribution in [1.29, 1.82) is 0 Å². The van der Waals surface area contributed by atoms with Crippen LogP contribution in [0.3, 0.4) is 0 Å². The highest BCUT2D eigenvalue weighted by atomic mass is 16.3. The van der Waals surface area contributed by atoms with Crippen molar-refractivity contribution in [2.75, 3.05) is 9.80 Å². The molecule has 3 nitrogen and oxygen atoms in total. The maximum Gasteiger partial charge on any atom is 0.137 e. The number of furan rings is 1. The number of hydrogen-bond donors (Lipinski definition) is 0. The molecule has 0 radical (unpaired) electrons. The van der Waals surface area contributed by atoms with Crippen LogP contribution < -0.4 is 9.80 Å². The molecule has 0 amide bonds.